The summed E-state index contributed by atoms with van der Waals surface area (Å²) in [5.74, 6) is -0.297. The molecule has 2 rings (SSSR count). The Kier molecular flexibility index (Phi) is 5.76. The molecule has 1 aromatic heterocycles. The zero-order valence-electron chi connectivity index (χ0n) is 12.1. The first kappa shape index (κ1) is 16.0. The van der Waals surface area contributed by atoms with Crippen LogP contribution >= 0.6 is 11.3 Å². The summed E-state index contributed by atoms with van der Waals surface area (Å²) in [6.07, 6.45) is 4.92. The van der Waals surface area contributed by atoms with Gasteiger partial charge in [0, 0.05) is 30.5 Å². The number of hydrogen-bond donors (Lipinski definition) is 3. The van der Waals surface area contributed by atoms with Gasteiger partial charge in [-0.2, -0.15) is 11.3 Å². The number of rotatable bonds is 6. The van der Waals surface area contributed by atoms with Gasteiger partial charge in [0.2, 0.25) is 5.91 Å². The van der Waals surface area contributed by atoms with Crippen LogP contribution in [-0.4, -0.2) is 35.6 Å². The molecule has 116 valence electrons. The van der Waals surface area contributed by atoms with Crippen LogP contribution in [0.15, 0.2) is 16.8 Å². The largest absolute Gasteiger partial charge is 0.388 e. The second kappa shape index (κ2) is 7.56. The van der Waals surface area contributed by atoms with Crippen molar-refractivity contribution in [2.24, 2.45) is 0 Å². The molecule has 21 heavy (non-hydrogen) atoms. The van der Waals surface area contributed by atoms with E-state index in [2.05, 4.69) is 10.6 Å². The fourth-order valence-corrected chi connectivity index (χ4v) is 3.16. The van der Waals surface area contributed by atoms with Gasteiger partial charge in [-0.1, -0.05) is 19.3 Å². The fraction of sp³-hybridized carbons (Fsp3) is 0.600. The minimum absolute atomic E-state index is 0.139. The van der Waals surface area contributed by atoms with Crippen molar-refractivity contribution < 1.29 is 14.7 Å². The normalized spacial score (nSPS) is 17.2. The molecule has 0 aliphatic heterocycles. The van der Waals surface area contributed by atoms with Crippen molar-refractivity contribution in [2.45, 2.75) is 44.1 Å². The molecule has 1 aliphatic carbocycles. The van der Waals surface area contributed by atoms with Gasteiger partial charge in [-0.05, 0) is 24.3 Å². The van der Waals surface area contributed by atoms with E-state index in [4.69, 9.17) is 0 Å². The molecule has 0 bridgehead atoms. The molecule has 3 N–H and O–H groups in total. The van der Waals surface area contributed by atoms with Crippen LogP contribution in [0.3, 0.4) is 0 Å². The Morgan fingerprint density at radius 2 is 2.00 bits per heavy atom. The quantitative estimate of drug-likeness (QED) is 0.748. The standard InChI is InChI=1S/C15H22N2O3S/c18-13(17-11-15(20)6-2-1-3-7-15)4-8-16-14(19)12-5-9-21-10-12/h5,9-10,20H,1-4,6-8,11H2,(H,16,19)(H,17,18). The summed E-state index contributed by atoms with van der Waals surface area (Å²) in [4.78, 5) is 23.4. The molecule has 1 saturated carbocycles. The van der Waals surface area contributed by atoms with Crippen LogP contribution < -0.4 is 10.6 Å². The molecule has 2 amide bonds. The number of carbonyl (C=O) groups is 2. The molecule has 1 heterocycles. The van der Waals surface area contributed by atoms with Crippen LogP contribution in [-0.2, 0) is 4.79 Å². The molecule has 6 heteroatoms. The average molecular weight is 310 g/mol. The molecule has 5 nitrogen and oxygen atoms in total. The predicted octanol–water partition coefficient (Wildman–Crippen LogP) is 1.68. The maximum atomic E-state index is 11.7. The van der Waals surface area contributed by atoms with Crippen molar-refractivity contribution in [3.05, 3.63) is 22.4 Å². The second-order valence-electron chi connectivity index (χ2n) is 5.58. The van der Waals surface area contributed by atoms with E-state index < -0.39 is 5.60 Å². The van der Waals surface area contributed by atoms with Crippen molar-refractivity contribution in [1.82, 2.24) is 10.6 Å². The zero-order valence-corrected chi connectivity index (χ0v) is 12.9. The molecule has 0 aromatic carbocycles. The molecular weight excluding hydrogens is 288 g/mol. The first-order valence-corrected chi connectivity index (χ1v) is 8.33. The van der Waals surface area contributed by atoms with Gasteiger partial charge in [0.25, 0.3) is 5.91 Å². The number of amides is 2. The highest BCUT2D eigenvalue weighted by Gasteiger charge is 2.29. The van der Waals surface area contributed by atoms with Gasteiger partial charge in [-0.25, -0.2) is 0 Å². The summed E-state index contributed by atoms with van der Waals surface area (Å²) in [6, 6.07) is 1.75. The summed E-state index contributed by atoms with van der Waals surface area (Å²) >= 11 is 1.46. The van der Waals surface area contributed by atoms with Gasteiger partial charge in [0.1, 0.15) is 0 Å². The van der Waals surface area contributed by atoms with Crippen molar-refractivity contribution in [3.8, 4) is 0 Å². The minimum atomic E-state index is -0.742. The SMILES string of the molecule is O=C(CCNC(=O)c1ccsc1)NCC1(O)CCCCC1. The van der Waals surface area contributed by atoms with Crippen LogP contribution in [0.5, 0.6) is 0 Å². The highest BCUT2D eigenvalue weighted by molar-refractivity contribution is 7.08. The third kappa shape index (κ3) is 5.13. The van der Waals surface area contributed by atoms with Crippen LogP contribution in [0.2, 0.25) is 0 Å². The van der Waals surface area contributed by atoms with Gasteiger partial charge in [-0.3, -0.25) is 9.59 Å². The lowest BCUT2D eigenvalue weighted by molar-refractivity contribution is -0.122. The molecule has 1 fully saturated rings. The number of carbonyl (C=O) groups excluding carboxylic acids is 2. The third-order valence-corrected chi connectivity index (χ3v) is 4.50. The number of nitrogens with one attached hydrogen (secondary N) is 2. The van der Waals surface area contributed by atoms with E-state index in [1.54, 1.807) is 11.4 Å². The van der Waals surface area contributed by atoms with Crippen molar-refractivity contribution >= 4 is 23.2 Å². The predicted molar refractivity (Wildman–Crippen MR) is 82.3 cm³/mol. The summed E-state index contributed by atoms with van der Waals surface area (Å²) in [6.45, 7) is 0.614. The number of aliphatic hydroxyl groups is 1. The summed E-state index contributed by atoms with van der Waals surface area (Å²) in [5, 5.41) is 19.4. The Balaban J connectivity index is 1.62. The Bertz CT molecular complexity index is 467. The molecule has 0 unspecified atom stereocenters. The maximum Gasteiger partial charge on any atom is 0.252 e. The Morgan fingerprint density at radius 3 is 2.67 bits per heavy atom. The highest BCUT2D eigenvalue weighted by Crippen LogP contribution is 2.27. The first-order chi connectivity index (χ1) is 10.1. The topological polar surface area (TPSA) is 78.4 Å². The van der Waals surface area contributed by atoms with E-state index in [1.807, 2.05) is 5.38 Å². The Labute approximate surface area is 128 Å². The Hall–Kier alpha value is -1.40. The molecule has 0 atom stereocenters. The minimum Gasteiger partial charge on any atom is -0.388 e. The van der Waals surface area contributed by atoms with E-state index in [-0.39, 0.29) is 18.2 Å². The van der Waals surface area contributed by atoms with E-state index in [9.17, 15) is 14.7 Å². The summed E-state index contributed by atoms with van der Waals surface area (Å²) in [7, 11) is 0. The smallest absolute Gasteiger partial charge is 0.252 e. The lowest BCUT2D eigenvalue weighted by Gasteiger charge is -2.32. The summed E-state index contributed by atoms with van der Waals surface area (Å²) in [5.41, 5.74) is -0.120. The van der Waals surface area contributed by atoms with Gasteiger partial charge in [0.05, 0.1) is 5.60 Å². The molecule has 0 spiro atoms. The Morgan fingerprint density at radius 1 is 1.24 bits per heavy atom. The van der Waals surface area contributed by atoms with Gasteiger partial charge in [-0.15, -0.1) is 0 Å². The fourth-order valence-electron chi connectivity index (χ4n) is 2.52. The molecule has 0 radical (unpaired) electrons. The molecule has 1 aliphatic rings. The van der Waals surface area contributed by atoms with Crippen LogP contribution in [0.4, 0.5) is 0 Å². The number of thiophene rings is 1. The maximum absolute atomic E-state index is 11.7. The molecule has 0 saturated heterocycles. The second-order valence-corrected chi connectivity index (χ2v) is 6.36. The van der Waals surface area contributed by atoms with Crippen LogP contribution in [0, 0.1) is 0 Å². The van der Waals surface area contributed by atoms with Crippen LogP contribution in [0.1, 0.15) is 48.9 Å². The lowest BCUT2D eigenvalue weighted by Crippen LogP contribution is -2.44. The lowest BCUT2D eigenvalue weighted by atomic mass is 9.85. The average Bonchev–Trinajstić information content (AvgIpc) is 3.00. The van der Waals surface area contributed by atoms with Crippen molar-refractivity contribution in [1.29, 1.82) is 0 Å². The summed E-state index contributed by atoms with van der Waals surface area (Å²) < 4.78 is 0. The van der Waals surface area contributed by atoms with Crippen molar-refractivity contribution in [2.75, 3.05) is 13.1 Å². The van der Waals surface area contributed by atoms with E-state index in [1.165, 1.54) is 11.3 Å². The van der Waals surface area contributed by atoms with Gasteiger partial charge < -0.3 is 15.7 Å². The van der Waals surface area contributed by atoms with E-state index >= 15 is 0 Å². The van der Waals surface area contributed by atoms with E-state index in [0.717, 1.165) is 32.1 Å². The monoisotopic (exact) mass is 310 g/mol. The molecular formula is C15H22N2O3S. The zero-order chi connectivity index (χ0) is 15.1. The van der Waals surface area contributed by atoms with Gasteiger partial charge in [0.15, 0.2) is 0 Å². The third-order valence-electron chi connectivity index (χ3n) is 3.82. The first-order valence-electron chi connectivity index (χ1n) is 7.39. The van der Waals surface area contributed by atoms with Crippen LogP contribution in [0.25, 0.3) is 0 Å². The molecule has 1 aromatic rings. The van der Waals surface area contributed by atoms with Gasteiger partial charge >= 0.3 is 0 Å². The van der Waals surface area contributed by atoms with Crippen molar-refractivity contribution in [3.63, 3.8) is 0 Å². The number of hydrogen-bond acceptors (Lipinski definition) is 4. The van der Waals surface area contributed by atoms with E-state index in [0.29, 0.717) is 18.7 Å². The highest BCUT2D eigenvalue weighted by atomic mass is 32.1.